The molecule has 2 aromatic heterocycles. The van der Waals surface area contributed by atoms with Crippen LogP contribution in [-0.4, -0.2) is 9.97 Å². The first kappa shape index (κ1) is 13.1. The van der Waals surface area contributed by atoms with Crippen molar-refractivity contribution >= 4 is 5.82 Å². The van der Waals surface area contributed by atoms with Gasteiger partial charge in [-0.25, -0.2) is 15.8 Å². The SMILES string of the molecule is CC(C)c1cc(NN)nc(-c2ccc(C3CC3C)o2)n1. The third-order valence-corrected chi connectivity index (χ3v) is 3.81. The van der Waals surface area contributed by atoms with Gasteiger partial charge in [-0.05, 0) is 30.4 Å². The molecule has 0 bridgehead atoms. The molecule has 0 aliphatic heterocycles. The fourth-order valence-corrected chi connectivity index (χ4v) is 2.34. The number of aromatic nitrogens is 2. The summed E-state index contributed by atoms with van der Waals surface area (Å²) in [6.45, 7) is 6.41. The lowest BCUT2D eigenvalue weighted by Gasteiger charge is -2.08. The lowest BCUT2D eigenvalue weighted by atomic mass is 10.1. The van der Waals surface area contributed by atoms with E-state index in [0.29, 0.717) is 29.2 Å². The highest BCUT2D eigenvalue weighted by Crippen LogP contribution is 2.47. The van der Waals surface area contributed by atoms with Gasteiger partial charge in [0.05, 0.1) is 0 Å². The molecule has 1 aliphatic rings. The maximum atomic E-state index is 5.90. The van der Waals surface area contributed by atoms with Crippen LogP contribution in [-0.2, 0) is 0 Å². The van der Waals surface area contributed by atoms with E-state index in [0.717, 1.165) is 17.4 Å². The number of nitrogens with one attached hydrogen (secondary N) is 1. The molecule has 0 radical (unpaired) electrons. The Bertz CT molecular complexity index is 620. The van der Waals surface area contributed by atoms with E-state index in [2.05, 4.69) is 36.2 Å². The topological polar surface area (TPSA) is 77.0 Å². The molecule has 106 valence electrons. The van der Waals surface area contributed by atoms with Crippen molar-refractivity contribution in [2.45, 2.75) is 39.0 Å². The number of hydrogen-bond donors (Lipinski definition) is 2. The number of hydrogen-bond acceptors (Lipinski definition) is 5. The van der Waals surface area contributed by atoms with Gasteiger partial charge in [-0.3, -0.25) is 0 Å². The van der Waals surface area contributed by atoms with Gasteiger partial charge < -0.3 is 9.84 Å². The van der Waals surface area contributed by atoms with Crippen LogP contribution < -0.4 is 11.3 Å². The Morgan fingerprint density at radius 3 is 2.70 bits per heavy atom. The highest BCUT2D eigenvalue weighted by molar-refractivity contribution is 5.52. The molecular weight excluding hydrogens is 252 g/mol. The predicted molar refractivity (Wildman–Crippen MR) is 78.2 cm³/mol. The molecule has 0 aromatic carbocycles. The van der Waals surface area contributed by atoms with E-state index < -0.39 is 0 Å². The summed E-state index contributed by atoms with van der Waals surface area (Å²) >= 11 is 0. The Kier molecular flexibility index (Phi) is 3.22. The first-order valence-corrected chi connectivity index (χ1v) is 7.04. The molecule has 3 N–H and O–H groups in total. The van der Waals surface area contributed by atoms with Crippen molar-refractivity contribution in [2.24, 2.45) is 11.8 Å². The molecule has 2 unspecified atom stereocenters. The standard InChI is InChI=1S/C15H20N4O/c1-8(2)11-7-14(19-16)18-15(17-11)13-5-4-12(20-13)10-6-9(10)3/h4-5,7-10H,6,16H2,1-3H3,(H,17,18,19). The molecule has 3 rings (SSSR count). The zero-order chi connectivity index (χ0) is 14.3. The van der Waals surface area contributed by atoms with E-state index in [1.807, 2.05) is 18.2 Å². The van der Waals surface area contributed by atoms with Crippen molar-refractivity contribution in [3.8, 4) is 11.6 Å². The van der Waals surface area contributed by atoms with Crippen molar-refractivity contribution < 1.29 is 4.42 Å². The second-order valence-electron chi connectivity index (χ2n) is 5.82. The Labute approximate surface area is 118 Å². The first-order chi connectivity index (χ1) is 9.58. The number of furan rings is 1. The van der Waals surface area contributed by atoms with Crippen LogP contribution in [0.2, 0.25) is 0 Å². The van der Waals surface area contributed by atoms with E-state index in [-0.39, 0.29) is 0 Å². The van der Waals surface area contributed by atoms with E-state index >= 15 is 0 Å². The van der Waals surface area contributed by atoms with Gasteiger partial charge in [-0.15, -0.1) is 0 Å². The second kappa shape index (κ2) is 4.90. The summed E-state index contributed by atoms with van der Waals surface area (Å²) in [5, 5.41) is 0. The number of nitrogens with two attached hydrogens (primary N) is 1. The number of nitrogen functional groups attached to an aromatic ring is 1. The molecule has 2 atom stereocenters. The monoisotopic (exact) mass is 272 g/mol. The first-order valence-electron chi connectivity index (χ1n) is 7.04. The van der Waals surface area contributed by atoms with Gasteiger partial charge in [0.15, 0.2) is 11.6 Å². The van der Waals surface area contributed by atoms with E-state index in [9.17, 15) is 0 Å². The van der Waals surface area contributed by atoms with Crippen molar-refractivity contribution in [1.29, 1.82) is 0 Å². The summed E-state index contributed by atoms with van der Waals surface area (Å²) in [5.74, 6) is 10.0. The van der Waals surface area contributed by atoms with Crippen LogP contribution in [0.4, 0.5) is 5.82 Å². The lowest BCUT2D eigenvalue weighted by Crippen LogP contribution is -2.10. The summed E-state index contributed by atoms with van der Waals surface area (Å²) in [5.41, 5.74) is 3.53. The third-order valence-electron chi connectivity index (χ3n) is 3.81. The maximum absolute atomic E-state index is 5.90. The van der Waals surface area contributed by atoms with Crippen LogP contribution in [0.3, 0.4) is 0 Å². The highest BCUT2D eigenvalue weighted by atomic mass is 16.3. The molecule has 0 spiro atoms. The Morgan fingerprint density at radius 2 is 2.10 bits per heavy atom. The van der Waals surface area contributed by atoms with Gasteiger partial charge >= 0.3 is 0 Å². The molecule has 1 fully saturated rings. The van der Waals surface area contributed by atoms with Gasteiger partial charge in [-0.1, -0.05) is 20.8 Å². The number of anilines is 1. The van der Waals surface area contributed by atoms with Gasteiger partial charge in [0.2, 0.25) is 0 Å². The average Bonchev–Trinajstić information content (AvgIpc) is 2.99. The second-order valence-corrected chi connectivity index (χ2v) is 5.82. The molecule has 1 saturated carbocycles. The zero-order valence-electron chi connectivity index (χ0n) is 12.1. The summed E-state index contributed by atoms with van der Waals surface area (Å²) in [6.07, 6.45) is 1.20. The van der Waals surface area contributed by atoms with Gasteiger partial charge in [0.25, 0.3) is 0 Å². The van der Waals surface area contributed by atoms with Crippen molar-refractivity contribution in [3.63, 3.8) is 0 Å². The van der Waals surface area contributed by atoms with Crippen molar-refractivity contribution in [3.05, 3.63) is 29.7 Å². The van der Waals surface area contributed by atoms with Crippen LogP contribution in [0.5, 0.6) is 0 Å². The van der Waals surface area contributed by atoms with Crippen LogP contribution in [0.1, 0.15) is 50.5 Å². The molecule has 2 heterocycles. The average molecular weight is 272 g/mol. The highest BCUT2D eigenvalue weighted by Gasteiger charge is 2.36. The maximum Gasteiger partial charge on any atom is 0.197 e. The molecule has 20 heavy (non-hydrogen) atoms. The Balaban J connectivity index is 1.96. The molecule has 5 nitrogen and oxygen atoms in total. The molecule has 2 aromatic rings. The molecule has 0 amide bonds. The Hall–Kier alpha value is -1.88. The minimum Gasteiger partial charge on any atom is -0.457 e. The zero-order valence-corrected chi connectivity index (χ0v) is 12.1. The fraction of sp³-hybridized carbons (Fsp3) is 0.467. The Morgan fingerprint density at radius 1 is 1.35 bits per heavy atom. The summed E-state index contributed by atoms with van der Waals surface area (Å²) in [6, 6.07) is 5.84. The van der Waals surface area contributed by atoms with E-state index in [4.69, 9.17) is 10.3 Å². The molecule has 1 aliphatic carbocycles. The van der Waals surface area contributed by atoms with Crippen molar-refractivity contribution in [2.75, 3.05) is 5.43 Å². The van der Waals surface area contributed by atoms with E-state index in [1.165, 1.54) is 6.42 Å². The fourth-order valence-electron chi connectivity index (χ4n) is 2.34. The number of rotatable bonds is 4. The van der Waals surface area contributed by atoms with Crippen LogP contribution in [0, 0.1) is 5.92 Å². The normalized spacial score (nSPS) is 21.2. The molecular formula is C15H20N4O. The minimum absolute atomic E-state index is 0.307. The van der Waals surface area contributed by atoms with Gasteiger partial charge in [-0.2, -0.15) is 0 Å². The van der Waals surface area contributed by atoms with Gasteiger partial charge in [0.1, 0.15) is 11.6 Å². The predicted octanol–water partition coefficient (Wildman–Crippen LogP) is 3.27. The summed E-state index contributed by atoms with van der Waals surface area (Å²) < 4.78 is 5.90. The van der Waals surface area contributed by atoms with E-state index in [1.54, 1.807) is 0 Å². The van der Waals surface area contributed by atoms with Crippen LogP contribution in [0.25, 0.3) is 11.6 Å². The lowest BCUT2D eigenvalue weighted by molar-refractivity contribution is 0.514. The molecule has 5 heteroatoms. The number of hydrazine groups is 1. The third kappa shape index (κ3) is 2.41. The quantitative estimate of drug-likeness (QED) is 0.660. The van der Waals surface area contributed by atoms with Crippen LogP contribution >= 0.6 is 0 Å². The largest absolute Gasteiger partial charge is 0.457 e. The smallest absolute Gasteiger partial charge is 0.197 e. The summed E-state index contributed by atoms with van der Waals surface area (Å²) in [7, 11) is 0. The van der Waals surface area contributed by atoms with Crippen molar-refractivity contribution in [1.82, 2.24) is 9.97 Å². The minimum atomic E-state index is 0.307. The molecule has 0 saturated heterocycles. The van der Waals surface area contributed by atoms with Crippen LogP contribution in [0.15, 0.2) is 22.6 Å². The van der Waals surface area contributed by atoms with Gasteiger partial charge in [0, 0.05) is 17.7 Å². The number of nitrogens with zero attached hydrogens (tertiary/aromatic N) is 2. The summed E-state index contributed by atoms with van der Waals surface area (Å²) in [4.78, 5) is 8.94.